The van der Waals surface area contributed by atoms with Gasteiger partial charge in [0, 0.05) is 16.4 Å². The highest BCUT2D eigenvalue weighted by Crippen LogP contribution is 2.24. The van der Waals surface area contributed by atoms with E-state index in [-0.39, 0.29) is 27.6 Å². The zero-order valence-electron chi connectivity index (χ0n) is 12.3. The number of hydrogen-bond donors (Lipinski definition) is 1. The topological polar surface area (TPSA) is 75.6 Å². The summed E-state index contributed by atoms with van der Waals surface area (Å²) < 4.78 is 27.4. The first-order chi connectivity index (χ1) is 11.6. The number of hydrogen-bond acceptors (Lipinski definition) is 5. The van der Waals surface area contributed by atoms with E-state index < -0.39 is 10.0 Å². The number of sulfonamides is 1. The van der Waals surface area contributed by atoms with Crippen LogP contribution in [-0.4, -0.2) is 20.1 Å². The fourth-order valence-electron chi connectivity index (χ4n) is 2.07. The van der Waals surface area contributed by atoms with Gasteiger partial charge in [-0.15, -0.1) is 0 Å². The lowest BCUT2D eigenvalue weighted by Crippen LogP contribution is -2.16. The summed E-state index contributed by atoms with van der Waals surface area (Å²) >= 11 is 1.29. The molecule has 1 aliphatic rings. The molecule has 0 saturated carbocycles. The van der Waals surface area contributed by atoms with E-state index in [1.54, 1.807) is 53.3 Å². The molecule has 0 aromatic heterocycles. The Morgan fingerprint density at radius 3 is 2.46 bits per heavy atom. The molecule has 3 rings (SSSR count). The number of thioether (sulfide) groups is 1. The van der Waals surface area contributed by atoms with Crippen molar-refractivity contribution in [1.29, 1.82) is 0 Å². The smallest absolute Gasteiger partial charge is 0.261 e. The van der Waals surface area contributed by atoms with Crippen LogP contribution in [0, 0.1) is 0 Å². The Morgan fingerprint density at radius 1 is 1.04 bits per heavy atom. The van der Waals surface area contributed by atoms with Gasteiger partial charge in [0.05, 0.1) is 10.6 Å². The first-order valence-corrected chi connectivity index (χ1v) is 9.36. The van der Waals surface area contributed by atoms with Crippen molar-refractivity contribution in [2.75, 3.05) is 4.72 Å². The summed E-state index contributed by atoms with van der Waals surface area (Å²) in [7, 11) is -3.78. The number of nitrogens with zero attached hydrogens (tertiary/aromatic N) is 1. The van der Waals surface area contributed by atoms with E-state index in [4.69, 9.17) is 0 Å². The molecule has 0 radical (unpaired) electrons. The number of benzene rings is 2. The lowest BCUT2D eigenvalue weighted by atomic mass is 10.1. The van der Waals surface area contributed by atoms with Gasteiger partial charge in [-0.3, -0.25) is 9.52 Å². The van der Waals surface area contributed by atoms with E-state index in [1.165, 1.54) is 23.9 Å². The van der Waals surface area contributed by atoms with Crippen LogP contribution in [0.1, 0.15) is 10.4 Å². The van der Waals surface area contributed by atoms with E-state index in [9.17, 15) is 13.2 Å². The number of carbonyl (C=O) groups is 1. The van der Waals surface area contributed by atoms with Crippen molar-refractivity contribution in [2.24, 2.45) is 4.99 Å². The fourth-order valence-corrected chi connectivity index (χ4v) is 3.64. The molecule has 0 aliphatic carbocycles. The Balaban J connectivity index is 1.96. The number of allylic oxidation sites excluding steroid dienone is 1. The van der Waals surface area contributed by atoms with Gasteiger partial charge in [-0.1, -0.05) is 42.1 Å². The van der Waals surface area contributed by atoms with Gasteiger partial charge in [0.2, 0.25) is 5.78 Å². The molecule has 0 atom stereocenters. The minimum atomic E-state index is -3.78. The molecule has 2 aromatic carbocycles. The quantitative estimate of drug-likeness (QED) is 0.833. The summed E-state index contributed by atoms with van der Waals surface area (Å²) in [5.74, 6) is 2.25. The number of carbonyl (C=O) groups excluding carboxylic acids is 1. The lowest BCUT2D eigenvalue weighted by molar-refractivity contribution is 0.103. The second-order valence-electron chi connectivity index (χ2n) is 4.79. The molecule has 1 heterocycles. The molecular formula is C17H12N2O3S2. The molecule has 0 unspecified atom stereocenters. The Bertz CT molecular complexity index is 974. The van der Waals surface area contributed by atoms with Crippen LogP contribution in [0.3, 0.4) is 0 Å². The minimum absolute atomic E-state index is 0.126. The van der Waals surface area contributed by atoms with Crippen molar-refractivity contribution < 1.29 is 13.2 Å². The molecule has 120 valence electrons. The molecule has 0 bridgehead atoms. The van der Waals surface area contributed by atoms with Gasteiger partial charge in [-0.05, 0) is 30.1 Å². The third kappa shape index (κ3) is 3.49. The van der Waals surface area contributed by atoms with Gasteiger partial charge in [0.25, 0.3) is 10.0 Å². The highest BCUT2D eigenvalue weighted by molar-refractivity contribution is 8.05. The van der Waals surface area contributed by atoms with Gasteiger partial charge in [0.15, 0.2) is 0 Å². The number of anilines is 1. The van der Waals surface area contributed by atoms with E-state index in [0.717, 1.165) is 0 Å². The average molecular weight is 356 g/mol. The molecule has 0 spiro atoms. The monoisotopic (exact) mass is 356 g/mol. The maximum atomic E-state index is 12.6. The predicted molar refractivity (Wildman–Crippen MR) is 95.7 cm³/mol. The molecule has 7 heteroatoms. The molecule has 1 N–H and O–H groups in total. The molecule has 0 fully saturated rings. The van der Waals surface area contributed by atoms with Gasteiger partial charge >= 0.3 is 0 Å². The van der Waals surface area contributed by atoms with E-state index >= 15 is 0 Å². The molecule has 24 heavy (non-hydrogen) atoms. The van der Waals surface area contributed by atoms with Gasteiger partial charge in [-0.25, -0.2) is 13.4 Å². The molecular weight excluding hydrogens is 344 g/mol. The standard InChI is InChI=1S/C17H12N2O3S2/c20-17(16-12-23-11-10-18-16)14-8-4-5-9-15(14)19-24(21,22)13-6-2-1-3-7-13/h1-9,11-12,19H. The van der Waals surface area contributed by atoms with Crippen molar-refractivity contribution in [3.05, 3.63) is 76.7 Å². The number of aliphatic imine (C=N–C) groups is 1. The van der Waals surface area contributed by atoms with Crippen LogP contribution in [0.5, 0.6) is 0 Å². The van der Waals surface area contributed by atoms with Crippen LogP contribution in [0.15, 0.2) is 81.0 Å². The second kappa shape index (κ2) is 6.88. The Hall–Kier alpha value is -2.60. The lowest BCUT2D eigenvalue weighted by Gasteiger charge is -2.12. The average Bonchev–Trinajstić information content (AvgIpc) is 2.63. The maximum absolute atomic E-state index is 12.6. The minimum Gasteiger partial charge on any atom is -0.287 e. The number of ketones is 1. The third-order valence-electron chi connectivity index (χ3n) is 3.19. The van der Waals surface area contributed by atoms with E-state index in [2.05, 4.69) is 15.6 Å². The molecule has 5 nitrogen and oxygen atoms in total. The van der Waals surface area contributed by atoms with Crippen molar-refractivity contribution in [3.8, 4) is 0 Å². The zero-order chi connectivity index (χ0) is 17.0. The first-order valence-electron chi connectivity index (χ1n) is 6.93. The predicted octanol–water partition coefficient (Wildman–Crippen LogP) is 3.44. The van der Waals surface area contributed by atoms with E-state index in [0.29, 0.717) is 0 Å². The molecule has 2 aromatic rings. The van der Waals surface area contributed by atoms with Crippen LogP contribution in [-0.2, 0) is 10.0 Å². The van der Waals surface area contributed by atoms with E-state index in [1.807, 2.05) is 0 Å². The maximum Gasteiger partial charge on any atom is 0.261 e. The Kier molecular flexibility index (Phi) is 4.66. The van der Waals surface area contributed by atoms with Crippen LogP contribution >= 0.6 is 11.8 Å². The number of rotatable bonds is 5. The third-order valence-corrected chi connectivity index (χ3v) is 5.17. The van der Waals surface area contributed by atoms with Crippen molar-refractivity contribution in [2.45, 2.75) is 4.90 Å². The largest absolute Gasteiger partial charge is 0.287 e. The highest BCUT2D eigenvalue weighted by atomic mass is 32.2. The van der Waals surface area contributed by atoms with Crippen LogP contribution in [0.2, 0.25) is 0 Å². The van der Waals surface area contributed by atoms with Crippen molar-refractivity contribution in [3.63, 3.8) is 0 Å². The molecule has 0 amide bonds. The zero-order valence-corrected chi connectivity index (χ0v) is 14.0. The van der Waals surface area contributed by atoms with Crippen LogP contribution in [0.25, 0.3) is 0 Å². The number of Topliss-reactive ketones (excluding diaryl/α,β-unsaturated/α-hetero) is 1. The highest BCUT2D eigenvalue weighted by Gasteiger charge is 2.20. The first kappa shape index (κ1) is 16.3. The van der Waals surface area contributed by atoms with Gasteiger partial charge in [-0.2, -0.15) is 0 Å². The molecule has 0 saturated heterocycles. The van der Waals surface area contributed by atoms with Crippen molar-refractivity contribution in [1.82, 2.24) is 0 Å². The number of para-hydroxylation sites is 1. The summed E-state index contributed by atoms with van der Waals surface area (Å²) in [6.45, 7) is 0. The Labute approximate surface area is 143 Å². The normalized spacial score (nSPS) is 13.4. The van der Waals surface area contributed by atoms with Crippen molar-refractivity contribution >= 4 is 39.1 Å². The van der Waals surface area contributed by atoms with Crippen LogP contribution in [0.4, 0.5) is 5.69 Å². The molecule has 1 aliphatic heterocycles. The SMILES string of the molecule is O=C(C1=CSC=C=N1)c1ccccc1NS(=O)(=O)c1ccccc1. The van der Waals surface area contributed by atoms with Crippen LogP contribution < -0.4 is 4.72 Å². The summed E-state index contributed by atoms with van der Waals surface area (Å²) in [6.07, 6.45) is 0. The summed E-state index contributed by atoms with van der Waals surface area (Å²) in [6, 6.07) is 14.4. The summed E-state index contributed by atoms with van der Waals surface area (Å²) in [4.78, 5) is 16.6. The Morgan fingerprint density at radius 2 is 1.75 bits per heavy atom. The van der Waals surface area contributed by atoms with Gasteiger partial charge in [0.1, 0.15) is 5.70 Å². The summed E-state index contributed by atoms with van der Waals surface area (Å²) in [5.41, 5.74) is 0.659. The second-order valence-corrected chi connectivity index (χ2v) is 7.22. The summed E-state index contributed by atoms with van der Waals surface area (Å²) in [5, 5.41) is 3.22. The van der Waals surface area contributed by atoms with Gasteiger partial charge < -0.3 is 0 Å². The number of nitrogens with one attached hydrogen (secondary N) is 1. The fraction of sp³-hybridized carbons (Fsp3) is 0.